The molecule has 2 heteroatoms. The fourth-order valence-corrected chi connectivity index (χ4v) is 4.00. The van der Waals surface area contributed by atoms with Gasteiger partial charge in [0.25, 0.3) is 0 Å². The zero-order valence-electron chi connectivity index (χ0n) is 13.5. The summed E-state index contributed by atoms with van der Waals surface area (Å²) in [5.74, 6) is 1.71. The van der Waals surface area contributed by atoms with E-state index < -0.39 is 0 Å². The Labute approximate surface area is 120 Å². The zero-order valence-corrected chi connectivity index (χ0v) is 13.5. The average molecular weight is 266 g/mol. The van der Waals surface area contributed by atoms with E-state index in [1.807, 2.05) is 0 Å². The van der Waals surface area contributed by atoms with E-state index in [1.54, 1.807) is 0 Å². The topological polar surface area (TPSA) is 29.3 Å². The second kappa shape index (κ2) is 6.13. The van der Waals surface area contributed by atoms with Gasteiger partial charge in [-0.3, -0.25) is 4.90 Å². The molecule has 1 saturated heterocycles. The predicted octanol–water partition coefficient (Wildman–Crippen LogP) is 3.65. The molecule has 2 fully saturated rings. The van der Waals surface area contributed by atoms with E-state index in [4.69, 9.17) is 5.73 Å². The molecule has 2 nitrogen and oxygen atoms in total. The third kappa shape index (κ3) is 3.95. The van der Waals surface area contributed by atoms with Crippen molar-refractivity contribution in [1.29, 1.82) is 0 Å². The van der Waals surface area contributed by atoms with Gasteiger partial charge in [-0.25, -0.2) is 0 Å². The summed E-state index contributed by atoms with van der Waals surface area (Å²) in [6.07, 6.45) is 7.96. The zero-order chi connectivity index (χ0) is 14.0. The van der Waals surface area contributed by atoms with Gasteiger partial charge in [0.05, 0.1) is 0 Å². The molecule has 112 valence electrons. The molecule has 2 rings (SSSR count). The van der Waals surface area contributed by atoms with Crippen molar-refractivity contribution in [2.45, 2.75) is 78.3 Å². The summed E-state index contributed by atoms with van der Waals surface area (Å²) < 4.78 is 0. The number of rotatable bonds is 2. The van der Waals surface area contributed by atoms with Crippen molar-refractivity contribution in [2.75, 3.05) is 13.1 Å². The van der Waals surface area contributed by atoms with Crippen molar-refractivity contribution >= 4 is 0 Å². The van der Waals surface area contributed by atoms with Gasteiger partial charge < -0.3 is 5.73 Å². The molecule has 0 radical (unpaired) electrons. The highest BCUT2D eigenvalue weighted by molar-refractivity contribution is 4.91. The molecular formula is C17H34N2. The van der Waals surface area contributed by atoms with E-state index in [0.717, 1.165) is 11.8 Å². The van der Waals surface area contributed by atoms with E-state index in [9.17, 15) is 0 Å². The molecule has 1 aliphatic carbocycles. The first kappa shape index (κ1) is 15.3. The lowest BCUT2D eigenvalue weighted by atomic mass is 9.76. The minimum absolute atomic E-state index is 0.413. The summed E-state index contributed by atoms with van der Waals surface area (Å²) in [6.45, 7) is 12.1. The first-order valence-electron chi connectivity index (χ1n) is 8.39. The predicted molar refractivity (Wildman–Crippen MR) is 83.1 cm³/mol. The maximum Gasteiger partial charge on any atom is 0.0249 e. The highest BCUT2D eigenvalue weighted by Gasteiger charge is 2.35. The molecule has 3 atom stereocenters. The van der Waals surface area contributed by atoms with Crippen molar-refractivity contribution in [2.24, 2.45) is 23.0 Å². The third-order valence-corrected chi connectivity index (χ3v) is 5.70. The van der Waals surface area contributed by atoms with Gasteiger partial charge in [-0.05, 0) is 68.9 Å². The monoisotopic (exact) mass is 266 g/mol. The Morgan fingerprint density at radius 1 is 1.11 bits per heavy atom. The van der Waals surface area contributed by atoms with Crippen LogP contribution in [0.15, 0.2) is 0 Å². The van der Waals surface area contributed by atoms with Gasteiger partial charge in [0.15, 0.2) is 0 Å². The largest absolute Gasteiger partial charge is 0.326 e. The molecule has 2 aliphatic rings. The van der Waals surface area contributed by atoms with Crippen LogP contribution in [-0.2, 0) is 0 Å². The molecule has 3 unspecified atom stereocenters. The normalized spacial score (nSPS) is 37.3. The second-order valence-corrected chi connectivity index (χ2v) is 8.10. The molecule has 0 bridgehead atoms. The standard InChI is InChI=1S/C17H34N2/c1-13(2)14-6-7-15(18)16(12-14)19-10-5-8-17(3,4)9-11-19/h13-16H,5-12,18H2,1-4H3. The lowest BCUT2D eigenvalue weighted by Crippen LogP contribution is -2.52. The van der Waals surface area contributed by atoms with Gasteiger partial charge in [-0.15, -0.1) is 0 Å². The molecular weight excluding hydrogens is 232 g/mol. The van der Waals surface area contributed by atoms with Gasteiger partial charge >= 0.3 is 0 Å². The van der Waals surface area contributed by atoms with Crippen LogP contribution in [0.1, 0.15) is 66.2 Å². The Hall–Kier alpha value is -0.0800. The van der Waals surface area contributed by atoms with Crippen LogP contribution in [0, 0.1) is 17.3 Å². The first-order valence-corrected chi connectivity index (χ1v) is 8.39. The summed E-state index contributed by atoms with van der Waals surface area (Å²) in [7, 11) is 0. The van der Waals surface area contributed by atoms with E-state index in [-0.39, 0.29) is 0 Å². The van der Waals surface area contributed by atoms with Crippen LogP contribution >= 0.6 is 0 Å². The third-order valence-electron chi connectivity index (χ3n) is 5.70. The van der Waals surface area contributed by atoms with E-state index in [0.29, 0.717) is 17.5 Å². The Morgan fingerprint density at radius 2 is 1.84 bits per heavy atom. The van der Waals surface area contributed by atoms with Gasteiger partial charge in [0.2, 0.25) is 0 Å². The SMILES string of the molecule is CC(C)C1CCC(N)C(N2CCCC(C)(C)CC2)C1. The number of hydrogen-bond acceptors (Lipinski definition) is 2. The number of hydrogen-bond donors (Lipinski definition) is 1. The van der Waals surface area contributed by atoms with Crippen LogP contribution < -0.4 is 5.73 Å². The summed E-state index contributed by atoms with van der Waals surface area (Å²) in [4.78, 5) is 2.73. The molecule has 1 heterocycles. The molecule has 0 aromatic rings. The van der Waals surface area contributed by atoms with Gasteiger partial charge in [-0.1, -0.05) is 27.7 Å². The summed E-state index contributed by atoms with van der Waals surface area (Å²) in [5.41, 5.74) is 6.98. The Bertz CT molecular complexity index is 285. The highest BCUT2D eigenvalue weighted by Crippen LogP contribution is 2.35. The van der Waals surface area contributed by atoms with E-state index in [2.05, 4.69) is 32.6 Å². The Balaban J connectivity index is 1.98. The minimum atomic E-state index is 0.413. The molecule has 1 aliphatic heterocycles. The van der Waals surface area contributed by atoms with Crippen LogP contribution in [0.5, 0.6) is 0 Å². The molecule has 0 aromatic heterocycles. The first-order chi connectivity index (χ1) is 8.89. The van der Waals surface area contributed by atoms with Crippen LogP contribution in [-0.4, -0.2) is 30.1 Å². The molecule has 2 N–H and O–H groups in total. The van der Waals surface area contributed by atoms with Crippen molar-refractivity contribution < 1.29 is 0 Å². The van der Waals surface area contributed by atoms with Crippen molar-refractivity contribution in [3.8, 4) is 0 Å². The number of nitrogens with two attached hydrogens (primary N) is 1. The highest BCUT2D eigenvalue weighted by atomic mass is 15.2. The molecule has 1 saturated carbocycles. The quantitative estimate of drug-likeness (QED) is 0.826. The van der Waals surface area contributed by atoms with Crippen molar-refractivity contribution in [3.05, 3.63) is 0 Å². The summed E-state index contributed by atoms with van der Waals surface area (Å²) in [5, 5.41) is 0. The molecule has 0 spiro atoms. The van der Waals surface area contributed by atoms with Gasteiger partial charge in [0, 0.05) is 12.1 Å². The summed E-state index contributed by atoms with van der Waals surface area (Å²) in [6, 6.07) is 1.06. The lowest BCUT2D eigenvalue weighted by Gasteiger charge is -2.42. The van der Waals surface area contributed by atoms with Crippen LogP contribution in [0.3, 0.4) is 0 Å². The lowest BCUT2D eigenvalue weighted by molar-refractivity contribution is 0.0968. The maximum absolute atomic E-state index is 6.45. The smallest absolute Gasteiger partial charge is 0.0249 e. The van der Waals surface area contributed by atoms with Crippen LogP contribution in [0.25, 0.3) is 0 Å². The minimum Gasteiger partial charge on any atom is -0.326 e. The maximum atomic E-state index is 6.45. The second-order valence-electron chi connectivity index (χ2n) is 8.10. The fraction of sp³-hybridized carbons (Fsp3) is 1.00. The van der Waals surface area contributed by atoms with Gasteiger partial charge in [0.1, 0.15) is 0 Å². The fourth-order valence-electron chi connectivity index (χ4n) is 4.00. The summed E-state index contributed by atoms with van der Waals surface area (Å²) >= 11 is 0. The number of nitrogens with zero attached hydrogens (tertiary/aromatic N) is 1. The van der Waals surface area contributed by atoms with Crippen LogP contribution in [0.4, 0.5) is 0 Å². The van der Waals surface area contributed by atoms with E-state index in [1.165, 1.54) is 51.6 Å². The average Bonchev–Trinajstić information content (AvgIpc) is 2.51. The number of likely N-dealkylation sites (tertiary alicyclic amines) is 1. The van der Waals surface area contributed by atoms with E-state index >= 15 is 0 Å². The Morgan fingerprint density at radius 3 is 2.53 bits per heavy atom. The van der Waals surface area contributed by atoms with Crippen molar-refractivity contribution in [3.63, 3.8) is 0 Å². The molecule has 0 amide bonds. The van der Waals surface area contributed by atoms with Crippen molar-refractivity contribution in [1.82, 2.24) is 4.90 Å². The molecule has 0 aromatic carbocycles. The Kier molecular flexibility index (Phi) is 4.94. The van der Waals surface area contributed by atoms with Gasteiger partial charge in [-0.2, -0.15) is 0 Å². The molecule has 19 heavy (non-hydrogen) atoms. The van der Waals surface area contributed by atoms with Crippen LogP contribution in [0.2, 0.25) is 0 Å².